The van der Waals surface area contributed by atoms with Crippen LogP contribution in [-0.2, 0) is 14.8 Å². The van der Waals surface area contributed by atoms with Crippen molar-refractivity contribution in [3.8, 4) is 0 Å². The summed E-state index contributed by atoms with van der Waals surface area (Å²) in [5, 5.41) is 6.23. The minimum absolute atomic E-state index is 0. The number of hydrogen-bond donors (Lipinski definition) is 3. The van der Waals surface area contributed by atoms with Gasteiger partial charge in [-0.2, -0.15) is 11.8 Å². The largest absolute Gasteiger partial charge is 0.377 e. The highest BCUT2D eigenvalue weighted by Gasteiger charge is 2.18. The van der Waals surface area contributed by atoms with Crippen molar-refractivity contribution in [3.63, 3.8) is 0 Å². The average Bonchev–Trinajstić information content (AvgIpc) is 2.59. The number of sulfonamides is 1. The van der Waals surface area contributed by atoms with Crippen LogP contribution in [0.4, 0.5) is 0 Å². The zero-order valence-corrected chi connectivity index (χ0v) is 20.3. The third-order valence-corrected chi connectivity index (χ3v) is 6.57. The molecule has 26 heavy (non-hydrogen) atoms. The van der Waals surface area contributed by atoms with Crippen molar-refractivity contribution in [2.24, 2.45) is 4.99 Å². The third kappa shape index (κ3) is 11.8. The Morgan fingerprint density at radius 1 is 1.31 bits per heavy atom. The first-order chi connectivity index (χ1) is 11.8. The zero-order chi connectivity index (χ0) is 18.8. The molecule has 1 heterocycles. The first-order valence-corrected chi connectivity index (χ1v) is 11.8. The van der Waals surface area contributed by atoms with Crippen molar-refractivity contribution in [2.75, 3.05) is 44.8 Å². The molecule has 0 amide bonds. The normalized spacial score (nSPS) is 18.9. The number of nitrogens with zero attached hydrogens (tertiary/aromatic N) is 1. The van der Waals surface area contributed by atoms with E-state index in [0.717, 1.165) is 32.4 Å². The van der Waals surface area contributed by atoms with Crippen molar-refractivity contribution in [3.05, 3.63) is 0 Å². The topological polar surface area (TPSA) is 91.8 Å². The second-order valence-electron chi connectivity index (χ2n) is 6.74. The Morgan fingerprint density at radius 2 is 2.04 bits per heavy atom. The Labute approximate surface area is 180 Å². The molecule has 1 unspecified atom stereocenters. The second kappa shape index (κ2) is 13.4. The number of guanidine groups is 1. The number of aliphatic imine (C=N–C) groups is 1. The van der Waals surface area contributed by atoms with E-state index < -0.39 is 10.0 Å². The van der Waals surface area contributed by atoms with Crippen molar-refractivity contribution in [1.29, 1.82) is 0 Å². The van der Waals surface area contributed by atoms with Gasteiger partial charge in [-0.25, -0.2) is 13.1 Å². The van der Waals surface area contributed by atoms with Gasteiger partial charge in [0.25, 0.3) is 0 Å². The fraction of sp³-hybridized carbons (Fsp3) is 0.938. The van der Waals surface area contributed by atoms with Gasteiger partial charge >= 0.3 is 0 Å². The van der Waals surface area contributed by atoms with Crippen LogP contribution in [0.5, 0.6) is 0 Å². The first-order valence-electron chi connectivity index (χ1n) is 8.94. The van der Waals surface area contributed by atoms with Crippen molar-refractivity contribution < 1.29 is 13.2 Å². The fourth-order valence-corrected chi connectivity index (χ4v) is 3.39. The van der Waals surface area contributed by atoms with Crippen LogP contribution in [-0.4, -0.2) is 70.0 Å². The molecular formula is C16H35IN4O3S2. The van der Waals surface area contributed by atoms with E-state index in [1.165, 1.54) is 0 Å². The maximum atomic E-state index is 12.1. The molecule has 0 saturated carbocycles. The molecule has 1 aliphatic heterocycles. The number of hydrogen-bond acceptors (Lipinski definition) is 5. The van der Waals surface area contributed by atoms with Gasteiger partial charge in [-0.05, 0) is 46.3 Å². The molecule has 1 fully saturated rings. The summed E-state index contributed by atoms with van der Waals surface area (Å²) in [6.07, 6.45) is 5.15. The van der Waals surface area contributed by atoms with Gasteiger partial charge in [-0.3, -0.25) is 4.99 Å². The number of ether oxygens (including phenoxy) is 1. The van der Waals surface area contributed by atoms with E-state index in [2.05, 4.69) is 40.5 Å². The van der Waals surface area contributed by atoms with Gasteiger partial charge in [0, 0.05) is 31.0 Å². The lowest BCUT2D eigenvalue weighted by atomic mass is 10.1. The lowest BCUT2D eigenvalue weighted by Gasteiger charge is -2.22. The van der Waals surface area contributed by atoms with Gasteiger partial charge in [-0.15, -0.1) is 24.0 Å². The van der Waals surface area contributed by atoms with Crippen molar-refractivity contribution in [2.45, 2.75) is 50.9 Å². The first kappa shape index (κ1) is 26.2. The maximum Gasteiger partial charge on any atom is 0.213 e. The van der Waals surface area contributed by atoms with Gasteiger partial charge in [0.1, 0.15) is 0 Å². The van der Waals surface area contributed by atoms with Gasteiger partial charge in [0.05, 0.1) is 18.4 Å². The molecule has 0 aliphatic carbocycles. The van der Waals surface area contributed by atoms with E-state index in [4.69, 9.17) is 4.74 Å². The number of thioether (sulfide) groups is 1. The van der Waals surface area contributed by atoms with Crippen molar-refractivity contribution >= 4 is 51.7 Å². The third-order valence-electron chi connectivity index (χ3n) is 3.98. The van der Waals surface area contributed by atoms with Crippen LogP contribution in [0, 0.1) is 0 Å². The van der Waals surface area contributed by atoms with E-state index in [0.29, 0.717) is 25.6 Å². The summed E-state index contributed by atoms with van der Waals surface area (Å²) in [5.41, 5.74) is 0. The summed E-state index contributed by atoms with van der Waals surface area (Å²) in [5.74, 6) is 0.659. The van der Waals surface area contributed by atoms with E-state index in [-0.39, 0.29) is 40.6 Å². The molecule has 0 spiro atoms. The summed E-state index contributed by atoms with van der Waals surface area (Å²) in [6.45, 7) is 9.04. The molecular weight excluding hydrogens is 487 g/mol. The zero-order valence-electron chi connectivity index (χ0n) is 16.3. The highest BCUT2D eigenvalue weighted by atomic mass is 127. The maximum absolute atomic E-state index is 12.1. The fourth-order valence-electron chi connectivity index (χ4n) is 2.24. The summed E-state index contributed by atoms with van der Waals surface area (Å²) in [6, 6.07) is 0. The monoisotopic (exact) mass is 522 g/mol. The molecule has 1 aliphatic rings. The van der Waals surface area contributed by atoms with Gasteiger partial charge in [0.15, 0.2) is 5.96 Å². The van der Waals surface area contributed by atoms with Crippen LogP contribution >= 0.6 is 35.7 Å². The standard InChI is InChI=1S/C16H34N4O3S2.HI/c1-5-17-15(19-13-16(2,3)24-4)18-9-11-25(21,22)20-12-14-8-6-7-10-23-14;/h14,20H,5-13H2,1-4H3,(H2,17,18,19);1H. The molecule has 0 bridgehead atoms. The van der Waals surface area contributed by atoms with Gasteiger partial charge in [-0.1, -0.05) is 0 Å². The number of nitrogens with one attached hydrogen (secondary N) is 3. The highest BCUT2D eigenvalue weighted by Crippen LogP contribution is 2.20. The predicted molar refractivity (Wildman–Crippen MR) is 122 cm³/mol. The van der Waals surface area contributed by atoms with E-state index in [9.17, 15) is 8.42 Å². The molecule has 7 nitrogen and oxygen atoms in total. The van der Waals surface area contributed by atoms with E-state index in [1.807, 2.05) is 6.92 Å². The van der Waals surface area contributed by atoms with Crippen molar-refractivity contribution in [1.82, 2.24) is 15.4 Å². The van der Waals surface area contributed by atoms with Crippen LogP contribution in [0.2, 0.25) is 0 Å². The average molecular weight is 523 g/mol. The molecule has 0 radical (unpaired) electrons. The molecule has 0 aromatic carbocycles. The highest BCUT2D eigenvalue weighted by molar-refractivity contribution is 14.0. The van der Waals surface area contributed by atoms with Crippen LogP contribution < -0.4 is 15.4 Å². The van der Waals surface area contributed by atoms with Crippen LogP contribution in [0.25, 0.3) is 0 Å². The van der Waals surface area contributed by atoms with Gasteiger partial charge < -0.3 is 15.4 Å². The summed E-state index contributed by atoms with van der Waals surface area (Å²) < 4.78 is 32.5. The SMILES string of the molecule is CCNC(=NCC(C)(C)SC)NCCS(=O)(=O)NCC1CCCCO1.I. The lowest BCUT2D eigenvalue weighted by Crippen LogP contribution is -2.43. The van der Waals surface area contributed by atoms with E-state index in [1.54, 1.807) is 11.8 Å². The Balaban J connectivity index is 0.00000625. The minimum Gasteiger partial charge on any atom is -0.377 e. The van der Waals surface area contributed by atoms with Crippen LogP contribution in [0.1, 0.15) is 40.0 Å². The van der Waals surface area contributed by atoms with Crippen LogP contribution in [0.3, 0.4) is 0 Å². The van der Waals surface area contributed by atoms with Gasteiger partial charge in [0.2, 0.25) is 10.0 Å². The minimum atomic E-state index is -3.32. The molecule has 3 N–H and O–H groups in total. The Kier molecular flexibility index (Phi) is 13.5. The summed E-state index contributed by atoms with van der Waals surface area (Å²) in [7, 11) is -3.32. The second-order valence-corrected chi connectivity index (χ2v) is 10.2. The lowest BCUT2D eigenvalue weighted by molar-refractivity contribution is 0.0200. The molecule has 1 rings (SSSR count). The molecule has 156 valence electrons. The Hall–Kier alpha value is 0.220. The summed E-state index contributed by atoms with van der Waals surface area (Å²) >= 11 is 1.75. The number of rotatable bonds is 10. The number of halogens is 1. The Morgan fingerprint density at radius 3 is 2.62 bits per heavy atom. The summed E-state index contributed by atoms with van der Waals surface area (Å²) in [4.78, 5) is 4.53. The molecule has 0 aromatic rings. The molecule has 0 aromatic heterocycles. The Bertz CT molecular complexity index is 510. The quantitative estimate of drug-likeness (QED) is 0.230. The molecule has 1 atom stereocenters. The molecule has 1 saturated heterocycles. The smallest absolute Gasteiger partial charge is 0.213 e. The van der Waals surface area contributed by atoms with E-state index >= 15 is 0 Å². The predicted octanol–water partition coefficient (Wildman–Crippen LogP) is 1.79. The van der Waals surface area contributed by atoms with Crippen LogP contribution in [0.15, 0.2) is 4.99 Å². The molecule has 10 heteroatoms.